The fourth-order valence-electron chi connectivity index (χ4n) is 5.67. The van der Waals surface area contributed by atoms with Crippen molar-refractivity contribution in [2.45, 2.75) is 83.6 Å². The van der Waals surface area contributed by atoms with E-state index in [2.05, 4.69) is 9.97 Å². The van der Waals surface area contributed by atoms with Crippen LogP contribution in [0.1, 0.15) is 59.8 Å². The number of carbonyl (C=O) groups excluding carboxylic acids is 4. The molecule has 0 aliphatic carbocycles. The molecular formula is C30H40N4O7. The van der Waals surface area contributed by atoms with Crippen molar-refractivity contribution >= 4 is 23.6 Å². The Labute approximate surface area is 240 Å². The molecule has 11 heteroatoms. The van der Waals surface area contributed by atoms with Crippen LogP contribution in [0.3, 0.4) is 0 Å². The summed E-state index contributed by atoms with van der Waals surface area (Å²) in [6.07, 6.45) is 8.27. The van der Waals surface area contributed by atoms with E-state index in [0.29, 0.717) is 32.4 Å². The van der Waals surface area contributed by atoms with Crippen LogP contribution in [0, 0.1) is 11.8 Å². The Kier molecular flexibility index (Phi) is 9.26. The van der Waals surface area contributed by atoms with E-state index in [-0.39, 0.29) is 31.0 Å². The number of aryl methyl sites for hydroxylation is 1. The molecule has 41 heavy (non-hydrogen) atoms. The lowest BCUT2D eigenvalue weighted by atomic mass is 9.81. The van der Waals surface area contributed by atoms with Gasteiger partial charge in [-0.25, -0.2) is 9.78 Å². The van der Waals surface area contributed by atoms with Crippen LogP contribution in [0.2, 0.25) is 0 Å². The smallest absolute Gasteiger partial charge is 0.410 e. The number of ketones is 2. The number of ether oxygens (including phenoxy) is 3. The van der Waals surface area contributed by atoms with E-state index in [0.717, 1.165) is 11.3 Å². The number of Topliss-reactive ketones (excluding diaryl/α,β-unsaturated/α-hetero) is 2. The molecule has 4 heterocycles. The first-order valence-electron chi connectivity index (χ1n) is 14.2. The SMILES string of the molecule is CO[C@@]1(C)CCC(=O)C(C)C(=O)OC[C@@]2(C)OC(=O)N(CCCn3cnc(-c4cccnc4)c3)[C@@H]2C(C)C(=O)CC1. The lowest BCUT2D eigenvalue weighted by molar-refractivity contribution is -0.158. The highest BCUT2D eigenvalue weighted by molar-refractivity contribution is 5.98. The Morgan fingerprint density at radius 3 is 2.49 bits per heavy atom. The third-order valence-electron chi connectivity index (χ3n) is 8.53. The number of carbonyl (C=O) groups is 4. The molecule has 0 spiro atoms. The molecule has 0 radical (unpaired) electrons. The largest absolute Gasteiger partial charge is 0.461 e. The van der Waals surface area contributed by atoms with Gasteiger partial charge in [0.15, 0.2) is 5.60 Å². The second-order valence-electron chi connectivity index (χ2n) is 11.6. The van der Waals surface area contributed by atoms with Gasteiger partial charge >= 0.3 is 12.1 Å². The topological polar surface area (TPSA) is 130 Å². The van der Waals surface area contributed by atoms with E-state index >= 15 is 0 Å². The molecule has 2 saturated heterocycles. The van der Waals surface area contributed by atoms with Gasteiger partial charge in [0.05, 0.1) is 23.7 Å². The Morgan fingerprint density at radius 1 is 1.07 bits per heavy atom. The Balaban J connectivity index is 1.52. The van der Waals surface area contributed by atoms with E-state index in [9.17, 15) is 19.2 Å². The number of nitrogens with zero attached hydrogens (tertiary/aromatic N) is 4. The van der Waals surface area contributed by atoms with Crippen molar-refractivity contribution < 1.29 is 33.4 Å². The van der Waals surface area contributed by atoms with Crippen molar-refractivity contribution in [3.8, 4) is 11.3 Å². The quantitative estimate of drug-likeness (QED) is 0.377. The molecule has 2 aliphatic rings. The summed E-state index contributed by atoms with van der Waals surface area (Å²) in [5.41, 5.74) is -0.258. The molecule has 2 fully saturated rings. The number of cyclic esters (lactones) is 1. The molecule has 11 nitrogen and oxygen atoms in total. The van der Waals surface area contributed by atoms with Crippen molar-refractivity contribution in [1.29, 1.82) is 0 Å². The van der Waals surface area contributed by atoms with Gasteiger partial charge in [0.2, 0.25) is 0 Å². The van der Waals surface area contributed by atoms with Gasteiger partial charge in [-0.3, -0.25) is 19.4 Å². The summed E-state index contributed by atoms with van der Waals surface area (Å²) in [6.45, 7) is 7.52. The number of aromatic nitrogens is 3. The molecule has 2 aromatic heterocycles. The summed E-state index contributed by atoms with van der Waals surface area (Å²) >= 11 is 0. The van der Waals surface area contributed by atoms with E-state index in [4.69, 9.17) is 14.2 Å². The van der Waals surface area contributed by atoms with Gasteiger partial charge in [0, 0.05) is 63.1 Å². The molecule has 2 unspecified atom stereocenters. The molecular weight excluding hydrogens is 528 g/mol. The van der Waals surface area contributed by atoms with Gasteiger partial charge in [-0.15, -0.1) is 0 Å². The number of pyridine rings is 1. The highest BCUT2D eigenvalue weighted by atomic mass is 16.6. The predicted octanol–water partition coefficient (Wildman–Crippen LogP) is 3.85. The van der Waals surface area contributed by atoms with Crippen LogP contribution in [0.15, 0.2) is 37.1 Å². The molecule has 0 N–H and O–H groups in total. The Hall–Kier alpha value is -3.60. The number of amides is 1. The predicted molar refractivity (Wildman–Crippen MR) is 149 cm³/mol. The average Bonchev–Trinajstić information content (AvgIpc) is 3.54. The number of imidazole rings is 1. The lowest BCUT2D eigenvalue weighted by Crippen LogP contribution is -2.53. The first kappa shape index (κ1) is 30.4. The summed E-state index contributed by atoms with van der Waals surface area (Å²) in [5, 5.41) is 0. The number of fused-ring (bicyclic) bond motifs is 1. The molecule has 2 aromatic rings. The lowest BCUT2D eigenvalue weighted by Gasteiger charge is -2.36. The third kappa shape index (κ3) is 6.83. The van der Waals surface area contributed by atoms with Gasteiger partial charge in [0.25, 0.3) is 0 Å². The van der Waals surface area contributed by atoms with Gasteiger partial charge in [0.1, 0.15) is 24.1 Å². The van der Waals surface area contributed by atoms with Crippen LogP contribution in [-0.2, 0) is 35.1 Å². The van der Waals surface area contributed by atoms with E-state index in [1.165, 1.54) is 6.92 Å². The van der Waals surface area contributed by atoms with Crippen molar-refractivity contribution in [2.24, 2.45) is 11.8 Å². The molecule has 1 amide bonds. The van der Waals surface area contributed by atoms with Crippen LogP contribution < -0.4 is 0 Å². The molecule has 4 rings (SSSR count). The maximum atomic E-state index is 13.5. The van der Waals surface area contributed by atoms with Gasteiger partial charge in [-0.1, -0.05) is 6.92 Å². The van der Waals surface area contributed by atoms with Gasteiger partial charge < -0.3 is 23.7 Å². The first-order valence-corrected chi connectivity index (χ1v) is 14.2. The summed E-state index contributed by atoms with van der Waals surface area (Å²) in [4.78, 5) is 62.3. The normalized spacial score (nSPS) is 30.0. The van der Waals surface area contributed by atoms with Crippen molar-refractivity contribution in [3.63, 3.8) is 0 Å². The van der Waals surface area contributed by atoms with Crippen molar-refractivity contribution in [3.05, 3.63) is 37.1 Å². The van der Waals surface area contributed by atoms with Crippen LogP contribution in [-0.4, -0.2) is 80.6 Å². The Bertz CT molecular complexity index is 1260. The van der Waals surface area contributed by atoms with Crippen LogP contribution >= 0.6 is 0 Å². The highest BCUT2D eigenvalue weighted by Crippen LogP contribution is 2.37. The van der Waals surface area contributed by atoms with Crippen LogP contribution in [0.4, 0.5) is 4.79 Å². The van der Waals surface area contributed by atoms with Gasteiger partial charge in [-0.05, 0) is 52.2 Å². The number of methoxy groups -OCH3 is 1. The van der Waals surface area contributed by atoms with E-state index in [1.807, 2.05) is 29.8 Å². The van der Waals surface area contributed by atoms with Crippen molar-refractivity contribution in [1.82, 2.24) is 19.4 Å². The average molecular weight is 569 g/mol. The van der Waals surface area contributed by atoms with Crippen LogP contribution in [0.25, 0.3) is 11.3 Å². The zero-order valence-corrected chi connectivity index (χ0v) is 24.5. The monoisotopic (exact) mass is 568 g/mol. The molecule has 0 aromatic carbocycles. The Morgan fingerprint density at radius 2 is 1.80 bits per heavy atom. The maximum Gasteiger partial charge on any atom is 0.410 e. The van der Waals surface area contributed by atoms with Crippen LogP contribution in [0.5, 0.6) is 0 Å². The minimum absolute atomic E-state index is 0.0494. The number of hydrogen-bond donors (Lipinski definition) is 0. The summed E-state index contributed by atoms with van der Waals surface area (Å²) in [5.74, 6) is -2.53. The standard InChI is InChI=1S/C30H40N4O7/c1-20-24(35)9-11-29(3,39-5)12-10-25(36)21(2)27(37)40-18-30(4)26(20)34(28(38)41-30)15-7-14-33-17-23(32-19-33)22-8-6-13-31-16-22/h6,8,13,16-17,19-21,26H,7,9-12,14-15,18H2,1-5H3/t20?,21?,26-,29-,30-/m1/s1. The van der Waals surface area contributed by atoms with E-state index < -0.39 is 41.1 Å². The molecule has 222 valence electrons. The zero-order chi connectivity index (χ0) is 29.8. The minimum Gasteiger partial charge on any atom is -0.461 e. The van der Waals surface area contributed by atoms with E-state index in [1.54, 1.807) is 44.6 Å². The number of rotatable bonds is 6. The second kappa shape index (κ2) is 12.5. The molecule has 0 bridgehead atoms. The zero-order valence-electron chi connectivity index (χ0n) is 24.5. The molecule has 2 aliphatic heterocycles. The molecule has 0 saturated carbocycles. The number of hydrogen-bond acceptors (Lipinski definition) is 9. The first-order chi connectivity index (χ1) is 19.5. The second-order valence-corrected chi connectivity index (χ2v) is 11.6. The fraction of sp³-hybridized carbons (Fsp3) is 0.600. The summed E-state index contributed by atoms with van der Waals surface area (Å²) in [6, 6.07) is 3.13. The highest BCUT2D eigenvalue weighted by Gasteiger charge is 2.55. The number of esters is 1. The maximum absolute atomic E-state index is 13.5. The van der Waals surface area contributed by atoms with Crippen molar-refractivity contribution in [2.75, 3.05) is 20.3 Å². The fourth-order valence-corrected chi connectivity index (χ4v) is 5.67. The summed E-state index contributed by atoms with van der Waals surface area (Å²) in [7, 11) is 1.56. The third-order valence-corrected chi connectivity index (χ3v) is 8.53. The minimum atomic E-state index is -1.26. The molecule has 5 atom stereocenters. The summed E-state index contributed by atoms with van der Waals surface area (Å²) < 4.78 is 19.0. The van der Waals surface area contributed by atoms with Gasteiger partial charge in [-0.2, -0.15) is 0 Å².